The summed E-state index contributed by atoms with van der Waals surface area (Å²) < 4.78 is 0. The topological polar surface area (TPSA) is 75.5 Å². The Hall–Kier alpha value is -2.73. The maximum atomic E-state index is 11.6. The number of hydrogen-bond donors (Lipinski definition) is 1. The van der Waals surface area contributed by atoms with Gasteiger partial charge in [0.05, 0.1) is 11.0 Å². The zero-order valence-corrected chi connectivity index (χ0v) is 14.9. The zero-order valence-electron chi connectivity index (χ0n) is 14.9. The standard InChI is InChI=1S/C20H23N3O3/c1-15(24)17-9-10-18(20(13-17)23(25)26)21-19(14-22-11-5-6-12-22)16-7-3-2-4-8-16/h2-4,7-10,13,19,21H,5-6,11-12,14H2,1H3. The maximum absolute atomic E-state index is 11.6. The van der Waals surface area contributed by atoms with E-state index >= 15 is 0 Å². The van der Waals surface area contributed by atoms with Crippen LogP contribution in [0.3, 0.4) is 0 Å². The highest BCUT2D eigenvalue weighted by molar-refractivity contribution is 5.95. The Balaban J connectivity index is 1.90. The molecule has 1 N–H and O–H groups in total. The molecule has 1 atom stereocenters. The Morgan fingerprint density at radius 3 is 2.50 bits per heavy atom. The van der Waals surface area contributed by atoms with Crippen molar-refractivity contribution in [3.05, 3.63) is 69.8 Å². The minimum absolute atomic E-state index is 0.0591. The van der Waals surface area contributed by atoms with Crippen molar-refractivity contribution in [2.45, 2.75) is 25.8 Å². The number of nitrogens with zero attached hydrogens (tertiary/aromatic N) is 2. The average molecular weight is 353 g/mol. The summed E-state index contributed by atoms with van der Waals surface area (Å²) in [6.45, 7) is 4.30. The quantitative estimate of drug-likeness (QED) is 0.462. The van der Waals surface area contributed by atoms with Crippen LogP contribution < -0.4 is 5.32 Å². The van der Waals surface area contributed by atoms with Crippen LogP contribution in [0.4, 0.5) is 11.4 Å². The van der Waals surface area contributed by atoms with Gasteiger partial charge in [-0.3, -0.25) is 14.9 Å². The first kappa shape index (κ1) is 18.1. The van der Waals surface area contributed by atoms with Crippen molar-refractivity contribution < 1.29 is 9.72 Å². The molecule has 0 amide bonds. The first-order valence-corrected chi connectivity index (χ1v) is 8.88. The molecule has 1 unspecified atom stereocenters. The third kappa shape index (κ3) is 4.26. The molecule has 1 aliphatic rings. The Morgan fingerprint density at radius 1 is 1.19 bits per heavy atom. The molecule has 2 aromatic carbocycles. The number of benzene rings is 2. The normalized spacial score (nSPS) is 15.6. The molecule has 2 aromatic rings. The second kappa shape index (κ2) is 8.10. The molecule has 0 aromatic heterocycles. The number of nitro groups is 1. The molecule has 1 heterocycles. The van der Waals surface area contributed by atoms with Crippen LogP contribution in [0, 0.1) is 10.1 Å². The van der Waals surface area contributed by atoms with E-state index in [-0.39, 0.29) is 17.5 Å². The molecule has 0 spiro atoms. The minimum Gasteiger partial charge on any atom is -0.371 e. The lowest BCUT2D eigenvalue weighted by atomic mass is 10.0. The first-order chi connectivity index (χ1) is 12.5. The highest BCUT2D eigenvalue weighted by Gasteiger charge is 2.23. The van der Waals surface area contributed by atoms with Gasteiger partial charge in [-0.25, -0.2) is 0 Å². The number of nitro benzene ring substituents is 1. The van der Waals surface area contributed by atoms with Gasteiger partial charge in [0.15, 0.2) is 5.78 Å². The predicted octanol–water partition coefficient (Wildman–Crippen LogP) is 4.05. The summed E-state index contributed by atoms with van der Waals surface area (Å²) in [5.41, 5.74) is 1.80. The van der Waals surface area contributed by atoms with Crippen molar-refractivity contribution in [1.29, 1.82) is 0 Å². The Bertz CT molecular complexity index is 786. The van der Waals surface area contributed by atoms with Gasteiger partial charge in [-0.2, -0.15) is 0 Å². The molecule has 1 aliphatic heterocycles. The van der Waals surface area contributed by atoms with E-state index in [2.05, 4.69) is 10.2 Å². The number of Topliss-reactive ketones (excluding diaryl/α,β-unsaturated/α-hetero) is 1. The summed E-state index contributed by atoms with van der Waals surface area (Å²) in [6, 6.07) is 14.5. The first-order valence-electron chi connectivity index (χ1n) is 8.88. The lowest BCUT2D eigenvalue weighted by molar-refractivity contribution is -0.384. The van der Waals surface area contributed by atoms with E-state index < -0.39 is 4.92 Å². The van der Waals surface area contributed by atoms with Crippen LogP contribution in [0.5, 0.6) is 0 Å². The van der Waals surface area contributed by atoms with Crippen LogP contribution in [0.1, 0.15) is 41.7 Å². The van der Waals surface area contributed by atoms with Crippen LogP contribution >= 0.6 is 0 Å². The molecular formula is C20H23N3O3. The maximum Gasteiger partial charge on any atom is 0.293 e. The van der Waals surface area contributed by atoms with Gasteiger partial charge in [-0.1, -0.05) is 30.3 Å². The van der Waals surface area contributed by atoms with Gasteiger partial charge in [0.25, 0.3) is 5.69 Å². The summed E-state index contributed by atoms with van der Waals surface area (Å²) in [5, 5.41) is 14.8. The number of rotatable bonds is 7. The smallest absolute Gasteiger partial charge is 0.293 e. The molecule has 26 heavy (non-hydrogen) atoms. The summed E-state index contributed by atoms with van der Waals surface area (Å²) in [5.74, 6) is -0.184. The molecule has 0 aliphatic carbocycles. The molecule has 0 bridgehead atoms. The van der Waals surface area contributed by atoms with Crippen LogP contribution in [0.15, 0.2) is 48.5 Å². The zero-order chi connectivity index (χ0) is 18.5. The third-order valence-corrected chi connectivity index (χ3v) is 4.77. The minimum atomic E-state index is -0.438. The van der Waals surface area contributed by atoms with Gasteiger partial charge in [-0.05, 0) is 50.6 Å². The molecular weight excluding hydrogens is 330 g/mol. The van der Waals surface area contributed by atoms with Crippen LogP contribution in [-0.2, 0) is 0 Å². The molecule has 6 nitrogen and oxygen atoms in total. The van der Waals surface area contributed by atoms with Crippen LogP contribution in [0.2, 0.25) is 0 Å². The molecule has 3 rings (SSSR count). The molecule has 136 valence electrons. The summed E-state index contributed by atoms with van der Waals surface area (Å²) in [7, 11) is 0. The number of carbonyl (C=O) groups excluding carboxylic acids is 1. The van der Waals surface area contributed by atoms with E-state index in [0.29, 0.717) is 11.3 Å². The molecule has 1 saturated heterocycles. The van der Waals surface area contributed by atoms with Crippen molar-refractivity contribution in [2.24, 2.45) is 0 Å². The summed E-state index contributed by atoms with van der Waals surface area (Å²) in [6.07, 6.45) is 2.38. The number of nitrogens with one attached hydrogen (secondary N) is 1. The Kier molecular flexibility index (Phi) is 5.63. The Labute approximate surface area is 153 Å². The molecule has 0 saturated carbocycles. The van der Waals surface area contributed by atoms with E-state index in [4.69, 9.17) is 0 Å². The van der Waals surface area contributed by atoms with E-state index in [1.165, 1.54) is 25.8 Å². The molecule has 6 heteroatoms. The van der Waals surface area contributed by atoms with Gasteiger partial charge in [0.2, 0.25) is 0 Å². The van der Waals surface area contributed by atoms with Crippen LogP contribution in [0.25, 0.3) is 0 Å². The van der Waals surface area contributed by atoms with Gasteiger partial charge in [0, 0.05) is 18.2 Å². The van der Waals surface area contributed by atoms with Gasteiger partial charge in [-0.15, -0.1) is 0 Å². The van der Waals surface area contributed by atoms with Gasteiger partial charge in [0.1, 0.15) is 5.69 Å². The second-order valence-electron chi connectivity index (χ2n) is 6.66. The number of carbonyl (C=O) groups is 1. The number of ketones is 1. The van der Waals surface area contributed by atoms with E-state index in [9.17, 15) is 14.9 Å². The lowest BCUT2D eigenvalue weighted by Crippen LogP contribution is -2.29. The fraction of sp³-hybridized carbons (Fsp3) is 0.350. The monoisotopic (exact) mass is 353 g/mol. The SMILES string of the molecule is CC(=O)c1ccc(NC(CN2CCCC2)c2ccccc2)c([N+](=O)[O-])c1. The van der Waals surface area contributed by atoms with E-state index in [1.54, 1.807) is 12.1 Å². The third-order valence-electron chi connectivity index (χ3n) is 4.77. The van der Waals surface area contributed by atoms with E-state index in [0.717, 1.165) is 25.2 Å². The fourth-order valence-corrected chi connectivity index (χ4v) is 3.35. The second-order valence-corrected chi connectivity index (χ2v) is 6.66. The summed E-state index contributed by atoms with van der Waals surface area (Å²) >= 11 is 0. The number of hydrogen-bond acceptors (Lipinski definition) is 5. The predicted molar refractivity (Wildman–Crippen MR) is 102 cm³/mol. The number of anilines is 1. The van der Waals surface area contributed by atoms with Crippen molar-refractivity contribution >= 4 is 17.2 Å². The van der Waals surface area contributed by atoms with Crippen molar-refractivity contribution in [2.75, 3.05) is 25.0 Å². The van der Waals surface area contributed by atoms with Crippen LogP contribution in [-0.4, -0.2) is 35.2 Å². The van der Waals surface area contributed by atoms with E-state index in [1.807, 2.05) is 30.3 Å². The number of likely N-dealkylation sites (tertiary alicyclic amines) is 1. The molecule has 0 radical (unpaired) electrons. The van der Waals surface area contributed by atoms with Crippen molar-refractivity contribution in [1.82, 2.24) is 4.90 Å². The Morgan fingerprint density at radius 2 is 1.88 bits per heavy atom. The van der Waals surface area contributed by atoms with Gasteiger partial charge >= 0.3 is 0 Å². The average Bonchev–Trinajstić information content (AvgIpc) is 3.15. The highest BCUT2D eigenvalue weighted by Crippen LogP contribution is 2.30. The highest BCUT2D eigenvalue weighted by atomic mass is 16.6. The van der Waals surface area contributed by atoms with Crippen molar-refractivity contribution in [3.8, 4) is 0 Å². The largest absolute Gasteiger partial charge is 0.371 e. The van der Waals surface area contributed by atoms with Gasteiger partial charge < -0.3 is 10.2 Å². The fourth-order valence-electron chi connectivity index (χ4n) is 3.35. The lowest BCUT2D eigenvalue weighted by Gasteiger charge is -2.25. The molecule has 1 fully saturated rings. The van der Waals surface area contributed by atoms with Crippen molar-refractivity contribution in [3.63, 3.8) is 0 Å². The summed E-state index contributed by atoms with van der Waals surface area (Å²) in [4.78, 5) is 25.0.